The Balaban J connectivity index is 1.44. The van der Waals surface area contributed by atoms with Crippen LogP contribution in [0.1, 0.15) is 29.4 Å². The molecule has 224 valence electrons. The number of nitrogens with one attached hydrogen (secondary N) is 2. The number of amides is 3. The number of carbonyl (C=O) groups excluding carboxylic acids is 3. The quantitative estimate of drug-likeness (QED) is 0.285. The summed E-state index contributed by atoms with van der Waals surface area (Å²) < 4.78 is 40.4. The second kappa shape index (κ2) is 12.1. The molecular formula is C28H26BrF3N8O3. The van der Waals surface area contributed by atoms with Crippen molar-refractivity contribution in [2.45, 2.75) is 39.0 Å². The molecule has 15 heteroatoms. The average Bonchev–Trinajstić information content (AvgIpc) is 3.54. The van der Waals surface area contributed by atoms with Gasteiger partial charge in [0.15, 0.2) is 5.69 Å². The first-order valence-electron chi connectivity index (χ1n) is 13.2. The summed E-state index contributed by atoms with van der Waals surface area (Å²) in [6.45, 7) is 2.16. The van der Waals surface area contributed by atoms with E-state index >= 15 is 0 Å². The fraction of sp³-hybridized carbons (Fsp3) is 0.321. The second-order valence-electron chi connectivity index (χ2n) is 10.4. The Morgan fingerprint density at radius 2 is 1.84 bits per heavy atom. The number of hydrogen-bond acceptors (Lipinski definition) is 7. The van der Waals surface area contributed by atoms with Crippen LogP contribution in [-0.4, -0.2) is 72.7 Å². The van der Waals surface area contributed by atoms with Gasteiger partial charge in [0.25, 0.3) is 5.91 Å². The fourth-order valence-electron chi connectivity index (χ4n) is 4.98. The van der Waals surface area contributed by atoms with E-state index in [0.29, 0.717) is 40.0 Å². The summed E-state index contributed by atoms with van der Waals surface area (Å²) in [5.74, 6) is -1.46. The summed E-state index contributed by atoms with van der Waals surface area (Å²) in [5.41, 5.74) is 2.05. The minimum Gasteiger partial charge on any atom is -0.342 e. The summed E-state index contributed by atoms with van der Waals surface area (Å²) in [6.07, 6.45) is 0.262. The zero-order valence-corrected chi connectivity index (χ0v) is 24.6. The van der Waals surface area contributed by atoms with Gasteiger partial charge >= 0.3 is 6.18 Å². The van der Waals surface area contributed by atoms with Gasteiger partial charge in [0.05, 0.1) is 5.52 Å². The molecule has 0 aliphatic carbocycles. The van der Waals surface area contributed by atoms with E-state index in [-0.39, 0.29) is 23.5 Å². The molecule has 3 amide bonds. The van der Waals surface area contributed by atoms with E-state index in [1.807, 2.05) is 12.2 Å². The molecule has 2 atom stereocenters. The molecule has 3 aromatic heterocycles. The number of benzene rings is 1. The van der Waals surface area contributed by atoms with Crippen molar-refractivity contribution >= 4 is 50.4 Å². The second-order valence-corrected chi connectivity index (χ2v) is 11.2. The molecular weight excluding hydrogens is 633 g/mol. The van der Waals surface area contributed by atoms with Crippen LogP contribution in [0.3, 0.4) is 0 Å². The molecule has 1 aliphatic rings. The number of aryl methyl sites for hydroxylation is 1. The van der Waals surface area contributed by atoms with Crippen LogP contribution >= 0.6 is 15.9 Å². The Morgan fingerprint density at radius 1 is 1.09 bits per heavy atom. The zero-order valence-electron chi connectivity index (χ0n) is 23.0. The lowest BCUT2D eigenvalue weighted by Crippen LogP contribution is -2.44. The van der Waals surface area contributed by atoms with Crippen LogP contribution in [0.2, 0.25) is 0 Å². The van der Waals surface area contributed by atoms with Crippen LogP contribution in [0.5, 0.6) is 0 Å². The van der Waals surface area contributed by atoms with Crippen LogP contribution in [0.15, 0.2) is 53.7 Å². The number of halogens is 4. The van der Waals surface area contributed by atoms with Gasteiger partial charge in [0.2, 0.25) is 11.8 Å². The van der Waals surface area contributed by atoms with Crippen LogP contribution in [0, 0.1) is 12.8 Å². The molecule has 11 nitrogen and oxygen atoms in total. The molecule has 0 radical (unpaired) electrons. The predicted octanol–water partition coefficient (Wildman–Crippen LogP) is 4.13. The van der Waals surface area contributed by atoms with Crippen molar-refractivity contribution in [3.8, 4) is 11.1 Å². The summed E-state index contributed by atoms with van der Waals surface area (Å²) in [7, 11) is 0. The third-order valence-electron chi connectivity index (χ3n) is 7.03. The van der Waals surface area contributed by atoms with E-state index in [2.05, 4.69) is 41.3 Å². The van der Waals surface area contributed by atoms with Gasteiger partial charge in [-0.3, -0.25) is 19.1 Å². The minimum atomic E-state index is -4.62. The monoisotopic (exact) mass is 658 g/mol. The summed E-state index contributed by atoms with van der Waals surface area (Å²) >= 11 is 3.29. The molecule has 1 aliphatic heterocycles. The third-order valence-corrected chi connectivity index (χ3v) is 7.47. The van der Waals surface area contributed by atoms with E-state index < -0.39 is 36.5 Å². The maximum atomic E-state index is 13.6. The number of carbonyl (C=O) groups is 3. The van der Waals surface area contributed by atoms with Crippen molar-refractivity contribution in [2.75, 3.05) is 18.4 Å². The molecule has 1 saturated heterocycles. The molecule has 1 fully saturated rings. The standard InChI is InChI=1S/C28H26BrF3N8O3/c1-15-7-21(26(42)37-25-16(2)3-6-22(29)36-25)39(11-15)23(41)12-40-20-5-4-17(18-9-33-14-34-10-18)8-19(20)24(38-40)27(43)35-13-28(30,31)32/h3-6,8-10,14-15,21H,7,11-13H2,1-2H3,(H,35,43)(H,36,37,42). The third kappa shape index (κ3) is 6.82. The number of hydrogen-bond donors (Lipinski definition) is 2. The number of alkyl halides is 3. The maximum absolute atomic E-state index is 13.6. The number of fused-ring (bicyclic) bond motifs is 1. The smallest absolute Gasteiger partial charge is 0.342 e. The lowest BCUT2D eigenvalue weighted by Gasteiger charge is -2.24. The Labute approximate surface area is 252 Å². The van der Waals surface area contributed by atoms with Gasteiger partial charge in [-0.2, -0.15) is 18.3 Å². The average molecular weight is 659 g/mol. The molecule has 5 rings (SSSR count). The molecule has 2 unspecified atom stereocenters. The first-order chi connectivity index (χ1) is 20.4. The highest BCUT2D eigenvalue weighted by atomic mass is 79.9. The summed E-state index contributed by atoms with van der Waals surface area (Å²) in [5, 5.41) is 9.16. The van der Waals surface area contributed by atoms with Gasteiger partial charge in [-0.25, -0.2) is 15.0 Å². The zero-order chi connectivity index (χ0) is 30.9. The van der Waals surface area contributed by atoms with E-state index in [4.69, 9.17) is 0 Å². The lowest BCUT2D eigenvalue weighted by atomic mass is 10.1. The molecule has 4 heterocycles. The molecule has 1 aromatic carbocycles. The summed E-state index contributed by atoms with van der Waals surface area (Å²) in [4.78, 5) is 53.5. The minimum absolute atomic E-state index is 0.0324. The molecule has 0 saturated carbocycles. The highest BCUT2D eigenvalue weighted by Gasteiger charge is 2.38. The molecule has 43 heavy (non-hydrogen) atoms. The lowest BCUT2D eigenvalue weighted by molar-refractivity contribution is -0.137. The maximum Gasteiger partial charge on any atom is 0.405 e. The number of pyridine rings is 1. The normalized spacial score (nSPS) is 16.8. The van der Waals surface area contributed by atoms with E-state index in [1.54, 1.807) is 49.6 Å². The van der Waals surface area contributed by atoms with E-state index in [0.717, 1.165) is 5.56 Å². The molecule has 0 bridgehead atoms. The fourth-order valence-corrected chi connectivity index (χ4v) is 5.29. The van der Waals surface area contributed by atoms with Crippen molar-refractivity contribution < 1.29 is 27.6 Å². The van der Waals surface area contributed by atoms with Gasteiger partial charge in [0.1, 0.15) is 35.9 Å². The highest BCUT2D eigenvalue weighted by molar-refractivity contribution is 9.10. The van der Waals surface area contributed by atoms with E-state index in [9.17, 15) is 27.6 Å². The molecule has 4 aromatic rings. The summed E-state index contributed by atoms with van der Waals surface area (Å²) in [6, 6.07) is 7.70. The highest BCUT2D eigenvalue weighted by Crippen LogP contribution is 2.29. The van der Waals surface area contributed by atoms with Crippen LogP contribution in [0.25, 0.3) is 22.0 Å². The largest absolute Gasteiger partial charge is 0.405 e. The van der Waals surface area contributed by atoms with Gasteiger partial charge in [0, 0.05) is 29.9 Å². The number of likely N-dealkylation sites (tertiary alicyclic amines) is 1. The van der Waals surface area contributed by atoms with Crippen LogP contribution in [-0.2, 0) is 16.1 Å². The van der Waals surface area contributed by atoms with E-state index in [1.165, 1.54) is 15.9 Å². The Morgan fingerprint density at radius 3 is 2.56 bits per heavy atom. The van der Waals surface area contributed by atoms with Gasteiger partial charge < -0.3 is 15.5 Å². The molecule has 0 spiro atoms. The number of rotatable bonds is 7. The SMILES string of the molecule is Cc1ccc(Br)nc1NC(=O)C1CC(C)CN1C(=O)Cn1nc(C(=O)NCC(F)(F)F)c2cc(-c3cncnc3)ccc21. The van der Waals surface area contributed by atoms with Gasteiger partial charge in [-0.15, -0.1) is 0 Å². The van der Waals surface area contributed by atoms with Crippen molar-refractivity contribution in [3.05, 3.63) is 64.9 Å². The Bertz CT molecular complexity index is 1700. The van der Waals surface area contributed by atoms with Crippen LogP contribution < -0.4 is 10.6 Å². The number of aromatic nitrogens is 5. The topological polar surface area (TPSA) is 135 Å². The number of nitrogens with zero attached hydrogens (tertiary/aromatic N) is 6. The first kappa shape index (κ1) is 30.1. The van der Waals surface area contributed by atoms with Crippen LogP contribution in [0.4, 0.5) is 19.0 Å². The van der Waals surface area contributed by atoms with Crippen molar-refractivity contribution in [2.24, 2.45) is 5.92 Å². The van der Waals surface area contributed by atoms with Crippen molar-refractivity contribution in [1.82, 2.24) is 34.9 Å². The Hall–Kier alpha value is -4.40. The van der Waals surface area contributed by atoms with Gasteiger partial charge in [-0.05, 0) is 64.5 Å². The van der Waals surface area contributed by atoms with Crippen molar-refractivity contribution in [1.29, 1.82) is 0 Å². The Kier molecular flexibility index (Phi) is 8.44. The first-order valence-corrected chi connectivity index (χ1v) is 14.0. The predicted molar refractivity (Wildman–Crippen MR) is 154 cm³/mol. The molecule has 2 N–H and O–H groups in total. The van der Waals surface area contributed by atoms with Crippen molar-refractivity contribution in [3.63, 3.8) is 0 Å². The number of anilines is 1. The van der Waals surface area contributed by atoms with Gasteiger partial charge in [-0.1, -0.05) is 19.1 Å².